The molecule has 4 aliphatic rings. The average molecular weight is 556 g/mol. The van der Waals surface area contributed by atoms with Gasteiger partial charge in [-0.15, -0.1) is 0 Å². The number of nitriles is 1. The molecule has 3 aliphatic heterocycles. The standard InChI is InChI=1S/C32H41N7O2/c1-3-30(40)39-19-18-37(21-25(39)13-15-33)31-27-12-11-24(38-17-14-23-8-5-6-10-29(23)38)20-28(27)34-32(35-31)41-22-26-9-7-16-36(26)4-2/h3,5-6,8,10,24-26H,1,4,7,9,11-14,16-22H2,2H3/t24-,25-,26-/m0/s1. The zero-order valence-electron chi connectivity index (χ0n) is 24.2. The van der Waals surface area contributed by atoms with E-state index in [1.54, 1.807) is 4.90 Å². The molecule has 1 aromatic carbocycles. The lowest BCUT2D eigenvalue weighted by atomic mass is 9.90. The van der Waals surface area contributed by atoms with Crippen molar-refractivity contribution >= 4 is 17.4 Å². The van der Waals surface area contributed by atoms with Gasteiger partial charge in [0.1, 0.15) is 12.4 Å². The van der Waals surface area contributed by atoms with Crippen LogP contribution in [-0.4, -0.2) is 89.7 Å². The Balaban J connectivity index is 1.28. The Morgan fingerprint density at radius 1 is 1.15 bits per heavy atom. The van der Waals surface area contributed by atoms with E-state index in [1.165, 1.54) is 29.3 Å². The molecule has 0 spiro atoms. The van der Waals surface area contributed by atoms with E-state index in [9.17, 15) is 10.1 Å². The van der Waals surface area contributed by atoms with E-state index < -0.39 is 0 Å². The first-order valence-electron chi connectivity index (χ1n) is 15.3. The van der Waals surface area contributed by atoms with Gasteiger partial charge in [-0.1, -0.05) is 31.7 Å². The van der Waals surface area contributed by atoms with E-state index in [2.05, 4.69) is 58.5 Å². The third-order valence-corrected chi connectivity index (χ3v) is 9.45. The van der Waals surface area contributed by atoms with Gasteiger partial charge in [-0.2, -0.15) is 15.2 Å². The number of aromatic nitrogens is 2. The fraction of sp³-hybridized carbons (Fsp3) is 0.562. The number of amides is 1. The van der Waals surface area contributed by atoms with Crippen LogP contribution in [0.15, 0.2) is 36.9 Å². The van der Waals surface area contributed by atoms with Gasteiger partial charge in [-0.25, -0.2) is 0 Å². The molecular formula is C32H41N7O2. The van der Waals surface area contributed by atoms with Gasteiger partial charge in [0.2, 0.25) is 5.91 Å². The van der Waals surface area contributed by atoms with Crippen LogP contribution in [0.3, 0.4) is 0 Å². The topological polar surface area (TPSA) is 88.8 Å². The monoisotopic (exact) mass is 555 g/mol. The molecular weight excluding hydrogens is 514 g/mol. The molecule has 4 heterocycles. The van der Waals surface area contributed by atoms with Crippen molar-refractivity contribution in [3.63, 3.8) is 0 Å². The van der Waals surface area contributed by atoms with E-state index >= 15 is 0 Å². The van der Waals surface area contributed by atoms with Crippen molar-refractivity contribution < 1.29 is 9.53 Å². The zero-order chi connectivity index (χ0) is 28.3. The first kappa shape index (κ1) is 27.5. The summed E-state index contributed by atoms with van der Waals surface area (Å²) in [6, 6.07) is 12.1. The van der Waals surface area contributed by atoms with Crippen molar-refractivity contribution in [1.29, 1.82) is 5.26 Å². The van der Waals surface area contributed by atoms with Gasteiger partial charge in [-0.05, 0) is 62.9 Å². The summed E-state index contributed by atoms with van der Waals surface area (Å²) < 4.78 is 6.35. The van der Waals surface area contributed by atoms with Gasteiger partial charge in [0.15, 0.2) is 0 Å². The highest BCUT2D eigenvalue weighted by Crippen LogP contribution is 2.37. The number of fused-ring (bicyclic) bond motifs is 2. The lowest BCUT2D eigenvalue weighted by Crippen LogP contribution is -2.55. The lowest BCUT2D eigenvalue weighted by molar-refractivity contribution is -0.128. The molecule has 2 aromatic rings. The Morgan fingerprint density at radius 2 is 2.02 bits per heavy atom. The average Bonchev–Trinajstić information content (AvgIpc) is 3.66. The number of anilines is 2. The number of hydrogen-bond donors (Lipinski definition) is 0. The largest absolute Gasteiger partial charge is 0.462 e. The SMILES string of the molecule is C=CC(=O)N1CCN(c2nc(OC[C@@H]3CCCN3CC)nc3c2CC[C@H](N2CCc4ccccc42)C3)C[C@@H]1CC#N. The molecule has 1 aliphatic carbocycles. The highest BCUT2D eigenvalue weighted by atomic mass is 16.5. The molecule has 1 aromatic heterocycles. The number of ether oxygens (including phenoxy) is 1. The summed E-state index contributed by atoms with van der Waals surface area (Å²) in [4.78, 5) is 31.6. The number of likely N-dealkylation sites (tertiary alicyclic amines) is 1. The summed E-state index contributed by atoms with van der Waals surface area (Å²) in [6.45, 7) is 11.4. The number of hydrogen-bond acceptors (Lipinski definition) is 8. The fourth-order valence-electron chi connectivity index (χ4n) is 7.30. The highest BCUT2D eigenvalue weighted by molar-refractivity contribution is 5.87. The first-order chi connectivity index (χ1) is 20.1. The second-order valence-corrected chi connectivity index (χ2v) is 11.7. The molecule has 216 valence electrons. The minimum Gasteiger partial charge on any atom is -0.462 e. The van der Waals surface area contributed by atoms with Gasteiger partial charge < -0.3 is 19.4 Å². The number of nitrogens with zero attached hydrogens (tertiary/aromatic N) is 7. The number of benzene rings is 1. The summed E-state index contributed by atoms with van der Waals surface area (Å²) in [7, 11) is 0. The second kappa shape index (κ2) is 12.1. The maximum atomic E-state index is 12.5. The van der Waals surface area contributed by atoms with E-state index in [1.807, 2.05) is 0 Å². The van der Waals surface area contributed by atoms with Gasteiger partial charge in [0.25, 0.3) is 0 Å². The smallest absolute Gasteiger partial charge is 0.318 e. The second-order valence-electron chi connectivity index (χ2n) is 11.7. The molecule has 6 rings (SSSR count). The Morgan fingerprint density at radius 3 is 2.85 bits per heavy atom. The number of likely N-dealkylation sites (N-methyl/N-ethyl adjacent to an activating group) is 1. The molecule has 41 heavy (non-hydrogen) atoms. The number of carbonyl (C=O) groups excluding carboxylic acids is 1. The summed E-state index contributed by atoms with van der Waals surface area (Å²) in [5, 5.41) is 9.52. The van der Waals surface area contributed by atoms with Crippen LogP contribution in [0.25, 0.3) is 0 Å². The maximum Gasteiger partial charge on any atom is 0.318 e. The highest BCUT2D eigenvalue weighted by Gasteiger charge is 2.36. The lowest BCUT2D eigenvalue weighted by Gasteiger charge is -2.42. The predicted molar refractivity (Wildman–Crippen MR) is 159 cm³/mol. The minimum absolute atomic E-state index is 0.121. The van der Waals surface area contributed by atoms with Crippen molar-refractivity contribution in [3.8, 4) is 12.1 Å². The van der Waals surface area contributed by atoms with E-state index in [0.29, 0.717) is 44.3 Å². The summed E-state index contributed by atoms with van der Waals surface area (Å²) in [6.07, 6.45) is 7.85. The summed E-state index contributed by atoms with van der Waals surface area (Å²) >= 11 is 0. The van der Waals surface area contributed by atoms with E-state index in [4.69, 9.17) is 14.7 Å². The van der Waals surface area contributed by atoms with Crippen LogP contribution in [0.2, 0.25) is 0 Å². The molecule has 1 amide bonds. The molecule has 0 N–H and O–H groups in total. The van der Waals surface area contributed by atoms with Crippen LogP contribution in [0.1, 0.15) is 49.4 Å². The van der Waals surface area contributed by atoms with Gasteiger partial charge >= 0.3 is 6.01 Å². The van der Waals surface area contributed by atoms with Crippen LogP contribution in [0, 0.1) is 11.3 Å². The Bertz CT molecular complexity index is 1320. The molecule has 0 unspecified atom stereocenters. The van der Waals surface area contributed by atoms with Crippen LogP contribution >= 0.6 is 0 Å². The summed E-state index contributed by atoms with van der Waals surface area (Å²) in [5.41, 5.74) is 5.05. The molecule has 0 saturated carbocycles. The van der Waals surface area contributed by atoms with Crippen LogP contribution in [0.5, 0.6) is 6.01 Å². The van der Waals surface area contributed by atoms with Crippen molar-refractivity contribution in [2.75, 3.05) is 55.7 Å². The van der Waals surface area contributed by atoms with Crippen molar-refractivity contribution in [1.82, 2.24) is 19.8 Å². The van der Waals surface area contributed by atoms with Gasteiger partial charge in [-0.3, -0.25) is 9.69 Å². The molecule has 0 radical (unpaired) electrons. The number of carbonyl (C=O) groups is 1. The van der Waals surface area contributed by atoms with Crippen LogP contribution < -0.4 is 14.5 Å². The Kier molecular flexibility index (Phi) is 8.11. The van der Waals surface area contributed by atoms with Crippen molar-refractivity contribution in [3.05, 3.63) is 53.7 Å². The normalized spacial score (nSPS) is 24.1. The molecule has 9 nitrogen and oxygen atoms in total. The minimum atomic E-state index is -0.205. The maximum absolute atomic E-state index is 12.5. The number of rotatable bonds is 8. The molecule has 2 fully saturated rings. The third kappa shape index (κ3) is 5.50. The van der Waals surface area contributed by atoms with Crippen LogP contribution in [-0.2, 0) is 24.1 Å². The zero-order valence-corrected chi connectivity index (χ0v) is 24.2. The summed E-state index contributed by atoms with van der Waals surface area (Å²) in [5.74, 6) is 0.794. The Hall–Kier alpha value is -3.64. The molecule has 3 atom stereocenters. The van der Waals surface area contributed by atoms with Crippen LogP contribution in [0.4, 0.5) is 11.5 Å². The van der Waals surface area contributed by atoms with E-state index in [-0.39, 0.29) is 18.4 Å². The molecule has 0 bridgehead atoms. The first-order valence-corrected chi connectivity index (χ1v) is 15.3. The quantitative estimate of drug-likeness (QED) is 0.458. The fourth-order valence-corrected chi connectivity index (χ4v) is 7.30. The van der Waals surface area contributed by atoms with Crippen molar-refractivity contribution in [2.45, 2.75) is 70.0 Å². The third-order valence-electron chi connectivity index (χ3n) is 9.45. The van der Waals surface area contributed by atoms with E-state index in [0.717, 1.165) is 63.3 Å². The van der Waals surface area contributed by atoms with Gasteiger partial charge in [0, 0.05) is 55.9 Å². The number of para-hydroxylation sites is 1. The van der Waals surface area contributed by atoms with Gasteiger partial charge in [0.05, 0.1) is 24.2 Å². The molecule has 9 heteroatoms. The Labute approximate surface area is 243 Å². The molecule has 2 saturated heterocycles. The predicted octanol–water partition coefficient (Wildman–Crippen LogP) is 3.38. The van der Waals surface area contributed by atoms with Crippen molar-refractivity contribution in [2.24, 2.45) is 0 Å². The number of piperazine rings is 1.